The number of thioether (sulfide) groups is 1. The first-order valence-corrected chi connectivity index (χ1v) is 8.73. The second-order valence-corrected chi connectivity index (χ2v) is 6.63. The van der Waals surface area contributed by atoms with Crippen LogP contribution >= 0.6 is 11.8 Å². The Hall–Kier alpha value is -2.52. The molecule has 3 heteroatoms. The first-order valence-electron chi connectivity index (χ1n) is 7.85. The molecule has 1 atom stereocenters. The Bertz CT molecular complexity index is 775. The summed E-state index contributed by atoms with van der Waals surface area (Å²) in [6.45, 7) is 0. The molecule has 0 aliphatic rings. The fourth-order valence-electron chi connectivity index (χ4n) is 2.48. The Kier molecular flexibility index (Phi) is 5.34. The summed E-state index contributed by atoms with van der Waals surface area (Å²) < 4.78 is 0. The standard InChI is InChI=1S/C21H19NOS/c1-22(18-13-7-3-8-14-18)21(23)20(17-11-5-2-6-12-17)24-19-15-9-4-10-16-19/h2-16,20H,1H3/t20-/m1/s1. The van der Waals surface area contributed by atoms with E-state index >= 15 is 0 Å². The SMILES string of the molecule is CN(C(=O)[C@H](Sc1ccccc1)c1ccccc1)c1ccccc1. The van der Waals surface area contributed by atoms with Crippen LogP contribution < -0.4 is 4.90 Å². The second kappa shape index (κ2) is 7.84. The number of amides is 1. The number of anilines is 1. The summed E-state index contributed by atoms with van der Waals surface area (Å²) >= 11 is 1.58. The summed E-state index contributed by atoms with van der Waals surface area (Å²) in [6.07, 6.45) is 0. The van der Waals surface area contributed by atoms with Crippen LogP contribution in [0.4, 0.5) is 5.69 Å². The van der Waals surface area contributed by atoms with Crippen LogP contribution in [-0.4, -0.2) is 13.0 Å². The Labute approximate surface area is 147 Å². The van der Waals surface area contributed by atoms with Gasteiger partial charge < -0.3 is 4.90 Å². The zero-order chi connectivity index (χ0) is 16.8. The lowest BCUT2D eigenvalue weighted by atomic mass is 10.1. The van der Waals surface area contributed by atoms with Gasteiger partial charge in [-0.1, -0.05) is 66.7 Å². The molecule has 0 saturated heterocycles. The predicted molar refractivity (Wildman–Crippen MR) is 101 cm³/mol. The summed E-state index contributed by atoms with van der Waals surface area (Å²) in [4.78, 5) is 16.0. The maximum atomic E-state index is 13.2. The molecule has 24 heavy (non-hydrogen) atoms. The average molecular weight is 333 g/mol. The zero-order valence-electron chi connectivity index (χ0n) is 13.5. The fourth-order valence-corrected chi connectivity index (χ4v) is 3.62. The molecule has 120 valence electrons. The minimum Gasteiger partial charge on any atom is -0.314 e. The highest BCUT2D eigenvalue weighted by Crippen LogP contribution is 2.37. The molecule has 0 fully saturated rings. The molecule has 0 unspecified atom stereocenters. The van der Waals surface area contributed by atoms with Gasteiger partial charge in [0.1, 0.15) is 5.25 Å². The molecular weight excluding hydrogens is 314 g/mol. The largest absolute Gasteiger partial charge is 0.314 e. The Morgan fingerprint density at radius 3 is 1.88 bits per heavy atom. The monoisotopic (exact) mass is 333 g/mol. The summed E-state index contributed by atoms with van der Waals surface area (Å²) in [5.74, 6) is 0.0706. The van der Waals surface area contributed by atoms with Crippen molar-refractivity contribution in [3.05, 3.63) is 96.6 Å². The van der Waals surface area contributed by atoms with E-state index < -0.39 is 0 Å². The van der Waals surface area contributed by atoms with E-state index in [1.807, 2.05) is 98.0 Å². The summed E-state index contributed by atoms with van der Waals surface area (Å²) in [7, 11) is 1.83. The van der Waals surface area contributed by atoms with E-state index in [-0.39, 0.29) is 11.2 Å². The summed E-state index contributed by atoms with van der Waals surface area (Å²) in [5, 5.41) is -0.279. The molecule has 2 nitrogen and oxygen atoms in total. The number of para-hydroxylation sites is 1. The third kappa shape index (κ3) is 3.87. The number of hydrogen-bond donors (Lipinski definition) is 0. The van der Waals surface area contributed by atoms with Crippen molar-refractivity contribution >= 4 is 23.4 Å². The highest BCUT2D eigenvalue weighted by molar-refractivity contribution is 8.00. The molecule has 3 aromatic carbocycles. The van der Waals surface area contributed by atoms with E-state index in [0.717, 1.165) is 16.1 Å². The molecule has 3 rings (SSSR count). The van der Waals surface area contributed by atoms with Crippen LogP contribution in [0.15, 0.2) is 95.9 Å². The zero-order valence-corrected chi connectivity index (χ0v) is 14.3. The van der Waals surface area contributed by atoms with E-state index in [1.54, 1.807) is 16.7 Å². The van der Waals surface area contributed by atoms with E-state index in [4.69, 9.17) is 0 Å². The van der Waals surface area contributed by atoms with Crippen molar-refractivity contribution in [1.29, 1.82) is 0 Å². The van der Waals surface area contributed by atoms with Crippen molar-refractivity contribution in [3.8, 4) is 0 Å². The smallest absolute Gasteiger partial charge is 0.244 e. The summed E-state index contributed by atoms with van der Waals surface area (Å²) in [6, 6.07) is 29.7. The highest BCUT2D eigenvalue weighted by Gasteiger charge is 2.25. The van der Waals surface area contributed by atoms with Crippen LogP contribution in [0, 0.1) is 0 Å². The van der Waals surface area contributed by atoms with Gasteiger partial charge >= 0.3 is 0 Å². The topological polar surface area (TPSA) is 20.3 Å². The third-order valence-electron chi connectivity index (χ3n) is 3.80. The third-order valence-corrected chi connectivity index (χ3v) is 5.05. The molecule has 0 bridgehead atoms. The molecular formula is C21H19NOS. The molecule has 0 spiro atoms. The van der Waals surface area contributed by atoms with Gasteiger partial charge in [0.15, 0.2) is 0 Å². The molecule has 0 heterocycles. The number of carbonyl (C=O) groups is 1. The summed E-state index contributed by atoms with van der Waals surface area (Å²) in [5.41, 5.74) is 1.91. The predicted octanol–water partition coefficient (Wildman–Crippen LogP) is 5.18. The lowest BCUT2D eigenvalue weighted by Crippen LogP contribution is -2.30. The molecule has 0 aliphatic carbocycles. The Balaban J connectivity index is 1.91. The first-order chi connectivity index (χ1) is 11.8. The number of hydrogen-bond acceptors (Lipinski definition) is 2. The van der Waals surface area contributed by atoms with Gasteiger partial charge in [-0.15, -0.1) is 11.8 Å². The van der Waals surface area contributed by atoms with Crippen LogP contribution in [0.3, 0.4) is 0 Å². The van der Waals surface area contributed by atoms with Gasteiger partial charge in [-0.3, -0.25) is 4.79 Å². The maximum absolute atomic E-state index is 13.2. The van der Waals surface area contributed by atoms with Gasteiger partial charge in [-0.05, 0) is 29.8 Å². The molecule has 0 aliphatic heterocycles. The van der Waals surface area contributed by atoms with Crippen molar-refractivity contribution < 1.29 is 4.79 Å². The average Bonchev–Trinajstić information content (AvgIpc) is 2.67. The first kappa shape index (κ1) is 16.3. The maximum Gasteiger partial charge on any atom is 0.244 e. The van der Waals surface area contributed by atoms with Gasteiger partial charge in [0.2, 0.25) is 5.91 Å². The van der Waals surface area contributed by atoms with Crippen LogP contribution in [0.2, 0.25) is 0 Å². The normalized spacial score (nSPS) is 11.7. The minimum atomic E-state index is -0.279. The van der Waals surface area contributed by atoms with Crippen molar-refractivity contribution in [2.24, 2.45) is 0 Å². The van der Waals surface area contributed by atoms with Gasteiger partial charge in [0, 0.05) is 17.6 Å². The number of likely N-dealkylation sites (N-methyl/N-ethyl adjacent to an activating group) is 1. The van der Waals surface area contributed by atoms with Crippen LogP contribution in [0.25, 0.3) is 0 Å². The van der Waals surface area contributed by atoms with Crippen LogP contribution in [0.5, 0.6) is 0 Å². The fraction of sp³-hybridized carbons (Fsp3) is 0.0952. The van der Waals surface area contributed by atoms with Crippen LogP contribution in [0.1, 0.15) is 10.8 Å². The van der Waals surface area contributed by atoms with Crippen molar-refractivity contribution in [1.82, 2.24) is 0 Å². The minimum absolute atomic E-state index is 0.0706. The lowest BCUT2D eigenvalue weighted by molar-refractivity contribution is -0.117. The number of rotatable bonds is 5. The van der Waals surface area contributed by atoms with E-state index in [2.05, 4.69) is 0 Å². The van der Waals surface area contributed by atoms with Gasteiger partial charge in [-0.25, -0.2) is 0 Å². The Morgan fingerprint density at radius 1 is 0.792 bits per heavy atom. The number of carbonyl (C=O) groups excluding carboxylic acids is 1. The quantitative estimate of drug-likeness (QED) is 0.599. The second-order valence-electron chi connectivity index (χ2n) is 5.45. The van der Waals surface area contributed by atoms with Gasteiger partial charge in [0.25, 0.3) is 0 Å². The number of benzene rings is 3. The molecule has 0 saturated carbocycles. The molecule has 1 amide bonds. The van der Waals surface area contributed by atoms with E-state index in [0.29, 0.717) is 0 Å². The lowest BCUT2D eigenvalue weighted by Gasteiger charge is -2.24. The van der Waals surface area contributed by atoms with Gasteiger partial charge in [0.05, 0.1) is 0 Å². The van der Waals surface area contributed by atoms with Crippen molar-refractivity contribution in [2.75, 3.05) is 11.9 Å². The molecule has 0 N–H and O–H groups in total. The van der Waals surface area contributed by atoms with Crippen molar-refractivity contribution in [2.45, 2.75) is 10.1 Å². The Morgan fingerprint density at radius 2 is 1.29 bits per heavy atom. The van der Waals surface area contributed by atoms with Crippen molar-refractivity contribution in [3.63, 3.8) is 0 Å². The van der Waals surface area contributed by atoms with E-state index in [9.17, 15) is 4.79 Å². The number of nitrogens with zero attached hydrogens (tertiary/aromatic N) is 1. The molecule has 0 aromatic heterocycles. The van der Waals surface area contributed by atoms with Gasteiger partial charge in [-0.2, -0.15) is 0 Å². The molecule has 0 radical (unpaired) electrons. The van der Waals surface area contributed by atoms with Crippen LogP contribution in [-0.2, 0) is 4.79 Å². The van der Waals surface area contributed by atoms with E-state index in [1.165, 1.54) is 0 Å². The molecule has 3 aromatic rings. The highest BCUT2D eigenvalue weighted by atomic mass is 32.2.